The summed E-state index contributed by atoms with van der Waals surface area (Å²) in [6, 6.07) is 73.9. The topological polar surface area (TPSA) is 42.8 Å². The highest BCUT2D eigenvalue weighted by Gasteiger charge is 2.25. The molecule has 0 fully saturated rings. The van der Waals surface area contributed by atoms with Crippen molar-refractivity contribution in [1.82, 2.24) is 4.57 Å². The van der Waals surface area contributed by atoms with Crippen molar-refractivity contribution in [1.29, 1.82) is 0 Å². The fourth-order valence-corrected chi connectivity index (χ4v) is 10.1. The van der Waals surface area contributed by atoms with Gasteiger partial charge in [-0.25, -0.2) is 9.98 Å². The van der Waals surface area contributed by atoms with Gasteiger partial charge in [0.05, 0.1) is 28.1 Å². The number of furan rings is 1. The monoisotopic (exact) mass is 831 g/mol. The van der Waals surface area contributed by atoms with Crippen molar-refractivity contribution in [3.8, 4) is 16.8 Å². The molecule has 1 aliphatic heterocycles. The molecule has 0 saturated heterocycles. The number of rotatable bonds is 5. The first kappa shape index (κ1) is 37.2. The van der Waals surface area contributed by atoms with E-state index in [1.165, 1.54) is 37.9 Å². The third-order valence-electron chi connectivity index (χ3n) is 13.4. The van der Waals surface area contributed by atoms with E-state index in [9.17, 15) is 0 Å². The van der Waals surface area contributed by atoms with Gasteiger partial charge < -0.3 is 8.98 Å². The third kappa shape index (κ3) is 6.21. The average molecular weight is 832 g/mol. The molecule has 0 amide bonds. The Morgan fingerprint density at radius 2 is 1.09 bits per heavy atom. The van der Waals surface area contributed by atoms with E-state index in [0.29, 0.717) is 5.84 Å². The molecule has 0 radical (unpaired) electrons. The van der Waals surface area contributed by atoms with Gasteiger partial charge in [0.2, 0.25) is 0 Å². The minimum atomic E-state index is 0.0190. The van der Waals surface area contributed by atoms with Gasteiger partial charge in [-0.15, -0.1) is 0 Å². The molecule has 0 N–H and O–H groups in total. The highest BCUT2D eigenvalue weighted by molar-refractivity contribution is 6.26. The molecule has 3 heterocycles. The lowest BCUT2D eigenvalue weighted by Crippen LogP contribution is -2.18. The van der Waals surface area contributed by atoms with Gasteiger partial charge in [0, 0.05) is 55.6 Å². The van der Waals surface area contributed by atoms with Crippen molar-refractivity contribution in [2.75, 3.05) is 0 Å². The summed E-state index contributed by atoms with van der Waals surface area (Å²) in [6.45, 7) is 2.30. The molecule has 12 aromatic rings. The van der Waals surface area contributed by atoms with Crippen LogP contribution in [0.2, 0.25) is 0 Å². The standard InChI is InChI=1S/C61H41N3O/c1-38-23-32-54(47-29-26-40-15-5-6-17-44(40)33-47)62-61(43-27-24-41(25-28-43)39-13-3-2-4-14-39)63-59(38)53-36-48(37-57-58(53)51-31-30-42-16-9-10-20-49(42)60(51)65-57)64-55-22-12-11-21-50(55)52-34-45-18-7-8-19-46(45)35-56(52)64/h2-22,24-38H,23H2,1H3/b54-32+,62-61?,63-59?. The molecule has 0 spiro atoms. The minimum Gasteiger partial charge on any atom is -0.455 e. The predicted molar refractivity (Wildman–Crippen MR) is 274 cm³/mol. The number of fused-ring (bicyclic) bond motifs is 10. The first-order valence-electron chi connectivity index (χ1n) is 22.4. The Bertz CT molecular complexity index is 3980. The molecule has 2 aromatic heterocycles. The Balaban J connectivity index is 1.09. The van der Waals surface area contributed by atoms with E-state index in [1.807, 2.05) is 0 Å². The zero-order valence-corrected chi connectivity index (χ0v) is 35.7. The van der Waals surface area contributed by atoms with Gasteiger partial charge in [-0.3, -0.25) is 0 Å². The van der Waals surface area contributed by atoms with E-state index in [-0.39, 0.29) is 5.92 Å². The van der Waals surface area contributed by atoms with Crippen molar-refractivity contribution in [3.63, 3.8) is 0 Å². The van der Waals surface area contributed by atoms with Gasteiger partial charge in [-0.05, 0) is 80.9 Å². The van der Waals surface area contributed by atoms with Crippen LogP contribution in [-0.4, -0.2) is 16.1 Å². The maximum Gasteiger partial charge on any atom is 0.160 e. The Hall–Kier alpha value is -8.34. The maximum atomic E-state index is 7.09. The summed E-state index contributed by atoms with van der Waals surface area (Å²) >= 11 is 0. The molecule has 0 aliphatic carbocycles. The van der Waals surface area contributed by atoms with E-state index in [0.717, 1.165) is 89.5 Å². The summed E-state index contributed by atoms with van der Waals surface area (Å²) in [4.78, 5) is 11.3. The second kappa shape index (κ2) is 14.9. The Kier molecular flexibility index (Phi) is 8.53. The summed E-state index contributed by atoms with van der Waals surface area (Å²) in [7, 11) is 0. The lowest BCUT2D eigenvalue weighted by Gasteiger charge is -2.20. The number of aliphatic imine (C=N–C) groups is 2. The van der Waals surface area contributed by atoms with E-state index >= 15 is 0 Å². The molecule has 65 heavy (non-hydrogen) atoms. The van der Waals surface area contributed by atoms with E-state index in [2.05, 4.69) is 224 Å². The van der Waals surface area contributed by atoms with Crippen LogP contribution in [0.5, 0.6) is 0 Å². The van der Waals surface area contributed by atoms with Crippen LogP contribution >= 0.6 is 0 Å². The van der Waals surface area contributed by atoms with Gasteiger partial charge in [0.1, 0.15) is 11.2 Å². The molecule has 0 saturated carbocycles. The highest BCUT2D eigenvalue weighted by Crippen LogP contribution is 2.42. The van der Waals surface area contributed by atoms with Crippen molar-refractivity contribution < 1.29 is 4.42 Å². The zero-order chi connectivity index (χ0) is 43.0. The van der Waals surface area contributed by atoms with Crippen LogP contribution < -0.4 is 0 Å². The van der Waals surface area contributed by atoms with Gasteiger partial charge in [-0.1, -0.05) is 177 Å². The van der Waals surface area contributed by atoms with Crippen molar-refractivity contribution in [2.24, 2.45) is 15.9 Å². The Morgan fingerprint density at radius 1 is 0.462 bits per heavy atom. The van der Waals surface area contributed by atoms with Gasteiger partial charge >= 0.3 is 0 Å². The lowest BCUT2D eigenvalue weighted by molar-refractivity contribution is 0.672. The largest absolute Gasteiger partial charge is 0.455 e. The van der Waals surface area contributed by atoms with Crippen LogP contribution in [-0.2, 0) is 0 Å². The van der Waals surface area contributed by atoms with Crippen LogP contribution in [0.3, 0.4) is 0 Å². The van der Waals surface area contributed by atoms with E-state index < -0.39 is 0 Å². The molecule has 1 unspecified atom stereocenters. The number of hydrogen-bond acceptors (Lipinski definition) is 3. The first-order chi connectivity index (χ1) is 32.1. The number of nitrogens with zero attached hydrogens (tertiary/aromatic N) is 3. The summed E-state index contributed by atoms with van der Waals surface area (Å²) in [5, 5.41) is 11.6. The van der Waals surface area contributed by atoms with Crippen molar-refractivity contribution in [2.45, 2.75) is 13.3 Å². The van der Waals surface area contributed by atoms with Crippen LogP contribution in [0.4, 0.5) is 0 Å². The number of para-hydroxylation sites is 1. The molecule has 306 valence electrons. The molecular formula is C61H41N3O. The van der Waals surface area contributed by atoms with Gasteiger partial charge in [0.15, 0.2) is 5.84 Å². The van der Waals surface area contributed by atoms with Crippen molar-refractivity contribution >= 4 is 93.3 Å². The van der Waals surface area contributed by atoms with Crippen LogP contribution in [0.15, 0.2) is 227 Å². The number of aromatic nitrogens is 1. The third-order valence-corrected chi connectivity index (χ3v) is 13.4. The molecule has 13 rings (SSSR count). The summed E-state index contributed by atoms with van der Waals surface area (Å²) in [5.74, 6) is 0.691. The van der Waals surface area contributed by atoms with Crippen LogP contribution in [0.25, 0.3) is 98.6 Å². The van der Waals surface area contributed by atoms with Gasteiger partial charge in [-0.2, -0.15) is 0 Å². The van der Waals surface area contributed by atoms with E-state index in [4.69, 9.17) is 14.4 Å². The average Bonchev–Trinajstić information content (AvgIpc) is 3.90. The Morgan fingerprint density at radius 3 is 1.91 bits per heavy atom. The zero-order valence-electron chi connectivity index (χ0n) is 35.7. The normalized spacial score (nSPS) is 15.4. The molecule has 1 atom stereocenters. The summed E-state index contributed by atoms with van der Waals surface area (Å²) in [5.41, 5.74) is 12.3. The highest BCUT2D eigenvalue weighted by atomic mass is 16.3. The fraction of sp³-hybridized carbons (Fsp3) is 0.0492. The Labute approximate surface area is 375 Å². The molecule has 0 bridgehead atoms. The second-order valence-corrected chi connectivity index (χ2v) is 17.4. The molecule has 4 nitrogen and oxygen atoms in total. The molecule has 1 aliphatic rings. The SMILES string of the molecule is CC1C/C=C(\c2ccc3ccccc3c2)N=C(c2ccc(-c3ccccc3)cc2)N=C1c1cc(-n2c3ccccc3c3cc4ccccc4cc32)cc2oc3c4ccccc4ccc3c12. The molecule has 10 aromatic carbocycles. The molecule has 4 heteroatoms. The number of benzene rings is 10. The maximum absolute atomic E-state index is 7.09. The smallest absolute Gasteiger partial charge is 0.160 e. The van der Waals surface area contributed by atoms with E-state index in [1.54, 1.807) is 0 Å². The minimum absolute atomic E-state index is 0.0190. The lowest BCUT2D eigenvalue weighted by atomic mass is 9.90. The van der Waals surface area contributed by atoms with Crippen LogP contribution in [0.1, 0.15) is 30.0 Å². The quantitative estimate of drug-likeness (QED) is 0.170. The predicted octanol–water partition coefficient (Wildman–Crippen LogP) is 16.1. The number of allylic oxidation sites excluding steroid dienone is 1. The van der Waals surface area contributed by atoms with Gasteiger partial charge in [0.25, 0.3) is 0 Å². The number of hydrogen-bond donors (Lipinski definition) is 0. The summed E-state index contributed by atoms with van der Waals surface area (Å²) in [6.07, 6.45) is 3.05. The molecular weight excluding hydrogens is 791 g/mol. The number of amidine groups is 1. The second-order valence-electron chi connectivity index (χ2n) is 17.4. The van der Waals surface area contributed by atoms with Crippen molar-refractivity contribution in [3.05, 3.63) is 229 Å². The first-order valence-corrected chi connectivity index (χ1v) is 22.4. The van der Waals surface area contributed by atoms with Crippen LogP contribution in [0, 0.1) is 5.92 Å². The summed E-state index contributed by atoms with van der Waals surface area (Å²) < 4.78 is 9.50. The fourth-order valence-electron chi connectivity index (χ4n) is 10.1.